The predicted octanol–water partition coefficient (Wildman–Crippen LogP) is 2.72. The molecule has 1 heterocycles. The Balaban J connectivity index is 0.00000576. The molecule has 150 valence electrons. The number of rotatable bonds is 12. The molecule has 0 aliphatic carbocycles. The van der Waals surface area contributed by atoms with E-state index in [9.17, 15) is 8.42 Å². The minimum Gasteiger partial charge on any atom is -0.381 e. The van der Waals surface area contributed by atoms with E-state index in [1.807, 2.05) is 0 Å². The summed E-state index contributed by atoms with van der Waals surface area (Å²) in [7, 11) is -1.16. The summed E-state index contributed by atoms with van der Waals surface area (Å²) in [5, 5.41) is 6.39. The molecule has 8 heteroatoms. The van der Waals surface area contributed by atoms with Crippen LogP contribution < -0.4 is 10.6 Å². The third-order valence-corrected chi connectivity index (χ3v) is 5.96. The molecule has 0 aromatic carbocycles. The Morgan fingerprint density at radius 3 is 2.44 bits per heavy atom. The zero-order chi connectivity index (χ0) is 17.7. The van der Waals surface area contributed by atoms with Crippen molar-refractivity contribution in [2.45, 2.75) is 64.3 Å². The van der Waals surface area contributed by atoms with Gasteiger partial charge < -0.3 is 15.4 Å². The van der Waals surface area contributed by atoms with Crippen LogP contribution in [0.25, 0.3) is 0 Å². The number of ether oxygens (including phenoxy) is 1. The first kappa shape index (κ1) is 24.9. The maximum atomic E-state index is 11.5. The van der Waals surface area contributed by atoms with Crippen molar-refractivity contribution in [3.8, 4) is 0 Å². The number of hydrogen-bond acceptors (Lipinski definition) is 4. The topological polar surface area (TPSA) is 79.8 Å². The van der Waals surface area contributed by atoms with E-state index in [0.29, 0.717) is 12.4 Å². The Hall–Kier alpha value is -0.0900. The molecule has 2 N–H and O–H groups in total. The third kappa shape index (κ3) is 12.8. The van der Waals surface area contributed by atoms with Crippen LogP contribution in [0.4, 0.5) is 0 Å². The number of sulfone groups is 1. The second kappa shape index (κ2) is 15.0. The van der Waals surface area contributed by atoms with E-state index >= 15 is 0 Å². The summed E-state index contributed by atoms with van der Waals surface area (Å²) < 4.78 is 28.5. The number of halogens is 1. The predicted molar refractivity (Wildman–Crippen MR) is 116 cm³/mol. The van der Waals surface area contributed by atoms with Crippen molar-refractivity contribution in [3.63, 3.8) is 0 Å². The highest BCUT2D eigenvalue weighted by Gasteiger charge is 2.28. The molecule has 1 fully saturated rings. The number of aliphatic imine (C=N–C) groups is 1. The molecule has 0 radical (unpaired) electrons. The summed E-state index contributed by atoms with van der Waals surface area (Å²) in [5.74, 6) is 1.15. The molecule has 0 aromatic rings. The van der Waals surface area contributed by atoms with Crippen molar-refractivity contribution in [2.24, 2.45) is 4.99 Å². The van der Waals surface area contributed by atoms with Crippen LogP contribution in [-0.2, 0) is 14.6 Å². The summed E-state index contributed by atoms with van der Waals surface area (Å²) in [6, 6.07) is -0.0230. The van der Waals surface area contributed by atoms with Gasteiger partial charge in [-0.1, -0.05) is 39.0 Å². The second-order valence-electron chi connectivity index (χ2n) is 6.48. The highest BCUT2D eigenvalue weighted by Crippen LogP contribution is 2.10. The molecule has 1 aliphatic rings. The van der Waals surface area contributed by atoms with Crippen molar-refractivity contribution in [3.05, 3.63) is 0 Å². The van der Waals surface area contributed by atoms with E-state index in [1.165, 1.54) is 32.1 Å². The van der Waals surface area contributed by atoms with Gasteiger partial charge in [0.15, 0.2) is 15.8 Å². The number of nitrogens with zero attached hydrogens (tertiary/aromatic N) is 1. The minimum absolute atomic E-state index is 0. The molecule has 6 nitrogen and oxygen atoms in total. The van der Waals surface area contributed by atoms with Crippen molar-refractivity contribution in [2.75, 3.05) is 38.3 Å². The smallest absolute Gasteiger partial charge is 0.191 e. The van der Waals surface area contributed by atoms with E-state index in [0.717, 1.165) is 32.6 Å². The quantitative estimate of drug-likeness (QED) is 0.191. The van der Waals surface area contributed by atoms with Crippen molar-refractivity contribution in [1.29, 1.82) is 0 Å². The second-order valence-corrected chi connectivity index (χ2v) is 8.71. The van der Waals surface area contributed by atoms with Gasteiger partial charge in [-0.25, -0.2) is 8.42 Å². The Labute approximate surface area is 170 Å². The maximum absolute atomic E-state index is 11.5. The van der Waals surface area contributed by atoms with Crippen LogP contribution in [0.3, 0.4) is 0 Å². The highest BCUT2D eigenvalue weighted by atomic mass is 127. The third-order valence-electron chi connectivity index (χ3n) is 4.20. The van der Waals surface area contributed by atoms with E-state index in [2.05, 4.69) is 22.5 Å². The Morgan fingerprint density at radius 1 is 1.12 bits per heavy atom. The molecule has 0 amide bonds. The molecule has 1 unspecified atom stereocenters. The Kier molecular flexibility index (Phi) is 15.0. The first-order chi connectivity index (χ1) is 11.6. The first-order valence-corrected chi connectivity index (χ1v) is 11.1. The van der Waals surface area contributed by atoms with Gasteiger partial charge in [-0.05, 0) is 19.3 Å². The van der Waals surface area contributed by atoms with Gasteiger partial charge in [0.05, 0.1) is 11.5 Å². The van der Waals surface area contributed by atoms with E-state index in [1.54, 1.807) is 7.05 Å². The fourth-order valence-corrected chi connectivity index (χ4v) is 4.44. The van der Waals surface area contributed by atoms with E-state index < -0.39 is 9.84 Å². The molecule has 1 atom stereocenters. The fraction of sp³-hybridized carbons (Fsp3) is 0.941. The standard InChI is InChI=1S/C17H35N3O3S.HI/c1-3-4-5-6-7-8-12-23-13-9-11-19-17(18-2)20-16-10-14-24(21,22)15-16;/h16H,3-15H2,1-2H3,(H2,18,19,20);1H. The van der Waals surface area contributed by atoms with Crippen LogP contribution in [0, 0.1) is 0 Å². The number of nitrogens with one attached hydrogen (secondary N) is 2. The summed E-state index contributed by atoms with van der Waals surface area (Å²) in [6.45, 7) is 4.60. The molecule has 1 saturated heterocycles. The van der Waals surface area contributed by atoms with Crippen LogP contribution in [0.15, 0.2) is 4.99 Å². The summed E-state index contributed by atoms with van der Waals surface area (Å²) in [5.41, 5.74) is 0. The summed E-state index contributed by atoms with van der Waals surface area (Å²) >= 11 is 0. The highest BCUT2D eigenvalue weighted by molar-refractivity contribution is 14.0. The maximum Gasteiger partial charge on any atom is 0.191 e. The molecule has 0 spiro atoms. The summed E-state index contributed by atoms with van der Waals surface area (Å²) in [4.78, 5) is 4.14. The molecular formula is C17H36IN3O3S. The Bertz CT molecular complexity index is 458. The van der Waals surface area contributed by atoms with Gasteiger partial charge >= 0.3 is 0 Å². The average Bonchev–Trinajstić information content (AvgIpc) is 2.90. The van der Waals surface area contributed by atoms with Gasteiger partial charge in [-0.2, -0.15) is 0 Å². The Morgan fingerprint density at radius 2 is 1.80 bits per heavy atom. The molecule has 0 saturated carbocycles. The number of hydrogen-bond donors (Lipinski definition) is 2. The lowest BCUT2D eigenvalue weighted by Crippen LogP contribution is -2.44. The SMILES string of the molecule is CCCCCCCCOCCCNC(=NC)NC1CCS(=O)(=O)C1.I. The molecule has 25 heavy (non-hydrogen) atoms. The van der Waals surface area contributed by atoms with Crippen LogP contribution in [0.1, 0.15) is 58.3 Å². The number of unbranched alkanes of at least 4 members (excludes halogenated alkanes) is 5. The lowest BCUT2D eigenvalue weighted by atomic mass is 10.1. The largest absolute Gasteiger partial charge is 0.381 e. The van der Waals surface area contributed by atoms with E-state index in [-0.39, 0.29) is 41.5 Å². The van der Waals surface area contributed by atoms with Gasteiger partial charge in [0.1, 0.15) is 0 Å². The van der Waals surface area contributed by atoms with Crippen LogP contribution in [-0.4, -0.2) is 58.7 Å². The van der Waals surface area contributed by atoms with Crippen LogP contribution in [0.5, 0.6) is 0 Å². The minimum atomic E-state index is -2.86. The van der Waals surface area contributed by atoms with Gasteiger partial charge in [-0.15, -0.1) is 24.0 Å². The van der Waals surface area contributed by atoms with Gasteiger partial charge in [0, 0.05) is 32.8 Å². The van der Waals surface area contributed by atoms with E-state index in [4.69, 9.17) is 4.74 Å². The summed E-state index contributed by atoms with van der Waals surface area (Å²) in [6.07, 6.45) is 9.28. The van der Waals surface area contributed by atoms with Crippen molar-refractivity contribution < 1.29 is 13.2 Å². The fourth-order valence-electron chi connectivity index (χ4n) is 2.76. The monoisotopic (exact) mass is 489 g/mol. The zero-order valence-corrected chi connectivity index (χ0v) is 18.9. The zero-order valence-electron chi connectivity index (χ0n) is 15.8. The molecule has 0 aromatic heterocycles. The van der Waals surface area contributed by atoms with Gasteiger partial charge in [0.25, 0.3) is 0 Å². The molecule has 1 aliphatic heterocycles. The molecule has 0 bridgehead atoms. The van der Waals surface area contributed by atoms with Gasteiger partial charge in [0.2, 0.25) is 0 Å². The van der Waals surface area contributed by atoms with Crippen LogP contribution >= 0.6 is 24.0 Å². The number of guanidine groups is 1. The molecule has 1 rings (SSSR count). The van der Waals surface area contributed by atoms with Crippen molar-refractivity contribution >= 4 is 39.8 Å². The van der Waals surface area contributed by atoms with Crippen molar-refractivity contribution in [1.82, 2.24) is 10.6 Å². The molecular weight excluding hydrogens is 453 g/mol. The lowest BCUT2D eigenvalue weighted by molar-refractivity contribution is 0.128. The van der Waals surface area contributed by atoms with Crippen LogP contribution in [0.2, 0.25) is 0 Å². The average molecular weight is 489 g/mol. The van der Waals surface area contributed by atoms with Gasteiger partial charge in [-0.3, -0.25) is 4.99 Å². The lowest BCUT2D eigenvalue weighted by Gasteiger charge is -2.16. The normalized spacial score (nSPS) is 19.4. The first-order valence-electron chi connectivity index (χ1n) is 9.32.